The first-order valence-corrected chi connectivity index (χ1v) is 5.80. The molecular weight excluding hydrogens is 244 g/mol. The lowest BCUT2D eigenvalue weighted by Gasteiger charge is -2.11. The van der Waals surface area contributed by atoms with E-state index < -0.39 is 4.92 Å². The highest BCUT2D eigenvalue weighted by Gasteiger charge is 2.16. The lowest BCUT2D eigenvalue weighted by Crippen LogP contribution is -2.14. The minimum absolute atomic E-state index is 0.0413. The molecule has 0 saturated carbocycles. The lowest BCUT2D eigenvalue weighted by atomic mass is 10.1. The van der Waals surface area contributed by atoms with Crippen LogP contribution in [0.5, 0.6) is 0 Å². The van der Waals surface area contributed by atoms with Crippen LogP contribution in [0.25, 0.3) is 0 Å². The number of non-ortho nitro benzene ring substituents is 1. The predicted molar refractivity (Wildman–Crippen MR) is 65.5 cm³/mol. The summed E-state index contributed by atoms with van der Waals surface area (Å²) >= 11 is 5.97. The number of nitrogens with zero attached hydrogens (tertiary/aromatic N) is 1. The van der Waals surface area contributed by atoms with Crippen molar-refractivity contribution >= 4 is 23.0 Å². The van der Waals surface area contributed by atoms with Crippen LogP contribution in [0.3, 0.4) is 0 Å². The summed E-state index contributed by atoms with van der Waals surface area (Å²) in [5, 5.41) is 14.3. The van der Waals surface area contributed by atoms with Crippen LogP contribution in [0.4, 0.5) is 11.4 Å². The zero-order valence-corrected chi connectivity index (χ0v) is 9.94. The number of hydrogen-bond acceptors (Lipinski definition) is 4. The van der Waals surface area contributed by atoms with Gasteiger partial charge in [0.1, 0.15) is 0 Å². The van der Waals surface area contributed by atoms with Crippen molar-refractivity contribution in [2.24, 2.45) is 5.92 Å². The Hall–Kier alpha value is -1.33. The largest absolute Gasteiger partial charge is 0.383 e. The number of nitro groups is 1. The molecule has 1 aromatic carbocycles. The molecule has 0 radical (unpaired) electrons. The summed E-state index contributed by atoms with van der Waals surface area (Å²) in [5.74, 6) is 0.449. The van der Waals surface area contributed by atoms with Gasteiger partial charge in [-0.1, -0.05) is 11.6 Å². The summed E-state index contributed by atoms with van der Waals surface area (Å²) in [6, 6.07) is 4.39. The van der Waals surface area contributed by atoms with Gasteiger partial charge in [-0.15, -0.1) is 0 Å². The maximum absolute atomic E-state index is 10.6. The average molecular weight is 257 g/mol. The molecule has 1 saturated heterocycles. The molecule has 0 aliphatic carbocycles. The van der Waals surface area contributed by atoms with Crippen molar-refractivity contribution in [3.05, 3.63) is 33.3 Å². The molecular formula is C11H13ClN2O3. The molecule has 1 atom stereocenters. The van der Waals surface area contributed by atoms with Gasteiger partial charge in [-0.2, -0.15) is 0 Å². The molecule has 1 aliphatic rings. The Balaban J connectivity index is 2.03. The van der Waals surface area contributed by atoms with Crippen LogP contribution in [-0.2, 0) is 4.74 Å². The maximum atomic E-state index is 10.6. The number of nitrogens with one attached hydrogen (secondary N) is 1. The van der Waals surface area contributed by atoms with Crippen LogP contribution in [-0.4, -0.2) is 24.7 Å². The molecule has 1 N–H and O–H groups in total. The van der Waals surface area contributed by atoms with Gasteiger partial charge in [0.05, 0.1) is 22.2 Å². The first-order chi connectivity index (χ1) is 8.16. The number of ether oxygens (including phenoxy) is 1. The molecule has 17 heavy (non-hydrogen) atoms. The fraction of sp³-hybridized carbons (Fsp3) is 0.455. The molecule has 1 fully saturated rings. The monoisotopic (exact) mass is 256 g/mol. The highest BCUT2D eigenvalue weighted by Crippen LogP contribution is 2.27. The number of halogens is 1. The normalized spacial score (nSPS) is 19.2. The van der Waals surface area contributed by atoms with Crippen molar-refractivity contribution in [1.82, 2.24) is 0 Å². The molecule has 1 heterocycles. The van der Waals surface area contributed by atoms with E-state index in [1.807, 2.05) is 0 Å². The van der Waals surface area contributed by atoms with Crippen LogP contribution >= 0.6 is 11.6 Å². The number of anilines is 1. The van der Waals surface area contributed by atoms with Gasteiger partial charge in [-0.3, -0.25) is 10.1 Å². The Bertz CT molecular complexity index is 419. The zero-order valence-electron chi connectivity index (χ0n) is 9.19. The number of rotatable bonds is 4. The van der Waals surface area contributed by atoms with E-state index in [2.05, 4.69) is 5.32 Å². The third-order valence-electron chi connectivity index (χ3n) is 2.77. The van der Waals surface area contributed by atoms with E-state index >= 15 is 0 Å². The molecule has 0 amide bonds. The second-order valence-electron chi connectivity index (χ2n) is 4.03. The topological polar surface area (TPSA) is 64.4 Å². The van der Waals surface area contributed by atoms with Crippen molar-refractivity contribution in [3.63, 3.8) is 0 Å². The molecule has 5 nitrogen and oxygen atoms in total. The molecule has 92 valence electrons. The summed E-state index contributed by atoms with van der Waals surface area (Å²) in [5.41, 5.74) is 0.646. The maximum Gasteiger partial charge on any atom is 0.271 e. The SMILES string of the molecule is O=[N+]([O-])c1ccc(Cl)c(NCC2CCOC2)c1. The van der Waals surface area contributed by atoms with Crippen LogP contribution in [0, 0.1) is 16.0 Å². The van der Waals surface area contributed by atoms with Gasteiger partial charge in [-0.25, -0.2) is 0 Å². The minimum atomic E-state index is -0.430. The second-order valence-corrected chi connectivity index (χ2v) is 4.44. The van der Waals surface area contributed by atoms with Gasteiger partial charge in [0.15, 0.2) is 0 Å². The Morgan fingerprint density at radius 1 is 1.59 bits per heavy atom. The van der Waals surface area contributed by atoms with Crippen LogP contribution < -0.4 is 5.32 Å². The standard InChI is InChI=1S/C11H13ClN2O3/c12-10-2-1-9(14(15)16)5-11(10)13-6-8-3-4-17-7-8/h1-2,5,8,13H,3-4,6-7H2. The molecule has 2 rings (SSSR count). The summed E-state index contributed by atoms with van der Waals surface area (Å²) in [7, 11) is 0. The van der Waals surface area contributed by atoms with E-state index in [9.17, 15) is 10.1 Å². The third kappa shape index (κ3) is 3.08. The lowest BCUT2D eigenvalue weighted by molar-refractivity contribution is -0.384. The fourth-order valence-corrected chi connectivity index (χ4v) is 1.95. The molecule has 1 aliphatic heterocycles. The van der Waals surface area contributed by atoms with Crippen molar-refractivity contribution in [2.45, 2.75) is 6.42 Å². The van der Waals surface area contributed by atoms with Crippen molar-refractivity contribution in [3.8, 4) is 0 Å². The number of hydrogen-bond donors (Lipinski definition) is 1. The Morgan fingerprint density at radius 3 is 3.06 bits per heavy atom. The van der Waals surface area contributed by atoms with E-state index in [4.69, 9.17) is 16.3 Å². The predicted octanol–water partition coefficient (Wildman–Crippen LogP) is 2.70. The minimum Gasteiger partial charge on any atom is -0.383 e. The van der Waals surface area contributed by atoms with E-state index in [0.29, 0.717) is 16.6 Å². The smallest absolute Gasteiger partial charge is 0.271 e. The first kappa shape index (κ1) is 12.1. The van der Waals surface area contributed by atoms with Crippen molar-refractivity contribution in [1.29, 1.82) is 0 Å². The van der Waals surface area contributed by atoms with Crippen LogP contribution in [0.1, 0.15) is 6.42 Å². The van der Waals surface area contributed by atoms with E-state index in [-0.39, 0.29) is 5.69 Å². The van der Waals surface area contributed by atoms with Gasteiger partial charge in [-0.05, 0) is 12.5 Å². The van der Waals surface area contributed by atoms with Gasteiger partial charge < -0.3 is 10.1 Å². The molecule has 1 aromatic rings. The number of benzene rings is 1. The van der Waals surface area contributed by atoms with Gasteiger partial charge in [0, 0.05) is 31.2 Å². The quantitative estimate of drug-likeness (QED) is 0.664. The zero-order chi connectivity index (χ0) is 12.3. The molecule has 0 spiro atoms. The first-order valence-electron chi connectivity index (χ1n) is 5.42. The van der Waals surface area contributed by atoms with Gasteiger partial charge in [0.25, 0.3) is 5.69 Å². The van der Waals surface area contributed by atoms with E-state index in [1.165, 1.54) is 18.2 Å². The number of nitro benzene ring substituents is 1. The summed E-state index contributed by atoms with van der Waals surface area (Å²) < 4.78 is 5.26. The van der Waals surface area contributed by atoms with E-state index in [1.54, 1.807) is 0 Å². The summed E-state index contributed by atoms with van der Waals surface area (Å²) in [6.45, 7) is 2.25. The Labute approximate surface area is 104 Å². The van der Waals surface area contributed by atoms with Gasteiger partial charge in [0.2, 0.25) is 0 Å². The Morgan fingerprint density at radius 2 is 2.41 bits per heavy atom. The second kappa shape index (κ2) is 5.33. The summed E-state index contributed by atoms with van der Waals surface area (Å²) in [4.78, 5) is 10.2. The third-order valence-corrected chi connectivity index (χ3v) is 3.10. The molecule has 1 unspecified atom stereocenters. The van der Waals surface area contributed by atoms with E-state index in [0.717, 1.165) is 26.2 Å². The van der Waals surface area contributed by atoms with Crippen LogP contribution in [0.15, 0.2) is 18.2 Å². The van der Waals surface area contributed by atoms with Crippen LogP contribution in [0.2, 0.25) is 5.02 Å². The molecule has 6 heteroatoms. The average Bonchev–Trinajstić information content (AvgIpc) is 2.80. The Kier molecular flexibility index (Phi) is 3.81. The molecule has 0 bridgehead atoms. The van der Waals surface area contributed by atoms with Crippen molar-refractivity contribution < 1.29 is 9.66 Å². The fourth-order valence-electron chi connectivity index (χ4n) is 1.76. The van der Waals surface area contributed by atoms with Crippen molar-refractivity contribution in [2.75, 3.05) is 25.1 Å². The highest BCUT2D eigenvalue weighted by atomic mass is 35.5. The molecule has 0 aromatic heterocycles. The van der Waals surface area contributed by atoms with Gasteiger partial charge >= 0.3 is 0 Å². The highest BCUT2D eigenvalue weighted by molar-refractivity contribution is 6.33. The summed E-state index contributed by atoms with van der Waals surface area (Å²) in [6.07, 6.45) is 1.01.